The van der Waals surface area contributed by atoms with Crippen LogP contribution in [0, 0.1) is 19.3 Å². The van der Waals surface area contributed by atoms with Crippen LogP contribution >= 0.6 is 11.5 Å². The Kier molecular flexibility index (Phi) is 7.46. The van der Waals surface area contributed by atoms with E-state index in [2.05, 4.69) is 31.1 Å². The minimum absolute atomic E-state index is 0.0892. The fraction of sp³-hybridized carbons (Fsp3) is 0.278. The second-order valence-corrected chi connectivity index (χ2v) is 6.06. The summed E-state index contributed by atoms with van der Waals surface area (Å²) in [4.78, 5) is 23.5. The number of aromatic nitrogens is 2. The van der Waals surface area contributed by atoms with E-state index in [1.807, 2.05) is 26.0 Å². The Morgan fingerprint density at radius 3 is 2.81 bits per heavy atom. The van der Waals surface area contributed by atoms with Gasteiger partial charge in [-0.1, -0.05) is 45.0 Å². The lowest BCUT2D eigenvalue weighted by atomic mass is 10.0. The number of nitrogens with zero attached hydrogens (tertiary/aromatic N) is 4. The van der Waals surface area contributed by atoms with Gasteiger partial charge in [0.2, 0.25) is 0 Å². The first-order valence-electron chi connectivity index (χ1n) is 7.95. The van der Waals surface area contributed by atoms with Gasteiger partial charge in [0.1, 0.15) is 13.7 Å². The zero-order valence-electron chi connectivity index (χ0n) is 15.2. The molecule has 2 rings (SSSR count). The first kappa shape index (κ1) is 20.1. The molecule has 8 nitrogen and oxygen atoms in total. The molecule has 0 unspecified atom stereocenters. The maximum atomic E-state index is 12.3. The van der Waals surface area contributed by atoms with Crippen LogP contribution in [0.3, 0.4) is 0 Å². The highest BCUT2D eigenvalue weighted by Gasteiger charge is 2.18. The molecule has 0 fully saturated rings. The van der Waals surface area contributed by atoms with Gasteiger partial charge >= 0.3 is 0 Å². The molecule has 140 valence electrons. The van der Waals surface area contributed by atoms with Crippen molar-refractivity contribution in [2.24, 2.45) is 10.3 Å². The van der Waals surface area contributed by atoms with Gasteiger partial charge in [0, 0.05) is 11.1 Å². The van der Waals surface area contributed by atoms with E-state index >= 15 is 0 Å². The summed E-state index contributed by atoms with van der Waals surface area (Å²) in [6, 6.07) is 7.19. The van der Waals surface area contributed by atoms with Crippen LogP contribution in [-0.2, 0) is 21.1 Å². The number of carbonyl (C=O) groups is 1. The monoisotopic (exact) mass is 385 g/mol. The standard InChI is InChI=1S/C18H19N5O3S/c1-5-10-19-18(24)16(22-25-4)15-9-7-6-8-14(15)11-26-21-13(3)17-12(2)20-23-27-17/h1,6-9H,10-11H2,2-4H3,(H,19,24)/b21-13-,22-16-. The van der Waals surface area contributed by atoms with Crippen LogP contribution < -0.4 is 5.32 Å². The van der Waals surface area contributed by atoms with Gasteiger partial charge in [-0.2, -0.15) is 0 Å². The third-order valence-electron chi connectivity index (χ3n) is 3.42. The second kappa shape index (κ2) is 10.0. The van der Waals surface area contributed by atoms with Crippen molar-refractivity contribution < 1.29 is 14.5 Å². The number of hydrogen-bond donors (Lipinski definition) is 1. The van der Waals surface area contributed by atoms with Gasteiger partial charge in [-0.25, -0.2) is 0 Å². The number of carbonyl (C=O) groups excluding carboxylic acids is 1. The van der Waals surface area contributed by atoms with Gasteiger partial charge in [0.25, 0.3) is 5.91 Å². The molecule has 0 saturated heterocycles. The van der Waals surface area contributed by atoms with E-state index in [4.69, 9.17) is 16.1 Å². The van der Waals surface area contributed by atoms with Crippen LogP contribution in [0.1, 0.15) is 28.6 Å². The van der Waals surface area contributed by atoms with E-state index in [1.165, 1.54) is 18.6 Å². The largest absolute Gasteiger partial charge is 0.398 e. The molecule has 2 aromatic rings. The normalized spacial score (nSPS) is 11.6. The Morgan fingerprint density at radius 2 is 2.15 bits per heavy atom. The van der Waals surface area contributed by atoms with Crippen LogP contribution in [0.5, 0.6) is 0 Å². The zero-order chi connectivity index (χ0) is 19.6. The van der Waals surface area contributed by atoms with E-state index in [-0.39, 0.29) is 18.9 Å². The molecule has 1 amide bonds. The fourth-order valence-electron chi connectivity index (χ4n) is 2.20. The maximum absolute atomic E-state index is 12.3. The van der Waals surface area contributed by atoms with Crippen LogP contribution in [0.15, 0.2) is 34.6 Å². The third kappa shape index (κ3) is 5.36. The fourth-order valence-corrected chi connectivity index (χ4v) is 2.79. The summed E-state index contributed by atoms with van der Waals surface area (Å²) in [5, 5.41) is 14.5. The van der Waals surface area contributed by atoms with Crippen molar-refractivity contribution in [1.29, 1.82) is 0 Å². The Morgan fingerprint density at radius 1 is 1.37 bits per heavy atom. The molecule has 0 aliphatic heterocycles. The highest BCUT2D eigenvalue weighted by atomic mass is 32.1. The number of rotatable bonds is 8. The maximum Gasteiger partial charge on any atom is 0.274 e. The number of hydrogen-bond acceptors (Lipinski definition) is 8. The summed E-state index contributed by atoms with van der Waals surface area (Å²) in [5.41, 5.74) is 2.87. The summed E-state index contributed by atoms with van der Waals surface area (Å²) in [7, 11) is 1.37. The predicted octanol–water partition coefficient (Wildman–Crippen LogP) is 1.89. The van der Waals surface area contributed by atoms with E-state index in [0.717, 1.165) is 16.1 Å². The van der Waals surface area contributed by atoms with Crippen molar-refractivity contribution >= 4 is 28.9 Å². The first-order chi connectivity index (χ1) is 13.1. The molecule has 27 heavy (non-hydrogen) atoms. The molecule has 0 radical (unpaired) electrons. The molecule has 1 aromatic heterocycles. The number of benzene rings is 1. The van der Waals surface area contributed by atoms with E-state index in [9.17, 15) is 4.79 Å². The molecule has 0 saturated carbocycles. The van der Waals surface area contributed by atoms with Crippen molar-refractivity contribution in [2.75, 3.05) is 13.7 Å². The molecule has 0 aliphatic carbocycles. The topological polar surface area (TPSA) is 98.1 Å². The third-order valence-corrected chi connectivity index (χ3v) is 4.36. The van der Waals surface area contributed by atoms with Crippen LogP contribution in [-0.4, -0.2) is 40.6 Å². The number of terminal acetylenes is 1. The lowest BCUT2D eigenvalue weighted by Crippen LogP contribution is -2.32. The number of aryl methyl sites for hydroxylation is 1. The minimum Gasteiger partial charge on any atom is -0.398 e. The van der Waals surface area contributed by atoms with Crippen molar-refractivity contribution in [3.05, 3.63) is 46.0 Å². The van der Waals surface area contributed by atoms with E-state index in [1.54, 1.807) is 12.1 Å². The number of oxime groups is 2. The smallest absolute Gasteiger partial charge is 0.274 e. The second-order valence-electron chi connectivity index (χ2n) is 5.30. The van der Waals surface area contributed by atoms with Crippen molar-refractivity contribution in [2.45, 2.75) is 20.5 Å². The molecule has 0 atom stereocenters. The predicted molar refractivity (Wildman–Crippen MR) is 103 cm³/mol. The minimum atomic E-state index is -0.437. The summed E-state index contributed by atoms with van der Waals surface area (Å²) in [6.45, 7) is 3.91. The molecule has 1 heterocycles. The summed E-state index contributed by atoms with van der Waals surface area (Å²) < 4.78 is 3.88. The highest BCUT2D eigenvalue weighted by molar-refractivity contribution is 7.08. The first-order valence-corrected chi connectivity index (χ1v) is 8.72. The van der Waals surface area contributed by atoms with Crippen molar-refractivity contribution in [1.82, 2.24) is 14.9 Å². The zero-order valence-corrected chi connectivity index (χ0v) is 16.0. The Bertz CT molecular complexity index is 898. The van der Waals surface area contributed by atoms with Crippen LogP contribution in [0.25, 0.3) is 0 Å². The molecule has 0 aliphatic rings. The van der Waals surface area contributed by atoms with Gasteiger partial charge in [-0.3, -0.25) is 4.79 Å². The van der Waals surface area contributed by atoms with Gasteiger partial charge in [0.05, 0.1) is 22.8 Å². The molecular formula is C18H19N5O3S. The van der Waals surface area contributed by atoms with Crippen molar-refractivity contribution in [3.8, 4) is 12.3 Å². The SMILES string of the molecule is C#CCNC(=O)/C(=N\OC)c1ccccc1CO/N=C(/C)c1snnc1C. The van der Waals surface area contributed by atoms with Gasteiger partial charge < -0.3 is 15.0 Å². The average Bonchev–Trinajstić information content (AvgIpc) is 3.10. The molecule has 0 bridgehead atoms. The number of amides is 1. The Labute approximate surface area is 161 Å². The molecule has 1 N–H and O–H groups in total. The van der Waals surface area contributed by atoms with Gasteiger partial charge in [-0.15, -0.1) is 11.5 Å². The van der Waals surface area contributed by atoms with Crippen LogP contribution in [0.4, 0.5) is 0 Å². The molecule has 1 aromatic carbocycles. The van der Waals surface area contributed by atoms with E-state index < -0.39 is 5.91 Å². The lowest BCUT2D eigenvalue weighted by Gasteiger charge is -2.10. The summed E-state index contributed by atoms with van der Waals surface area (Å²) in [5.74, 6) is 1.91. The lowest BCUT2D eigenvalue weighted by molar-refractivity contribution is -0.114. The highest BCUT2D eigenvalue weighted by Crippen LogP contribution is 2.14. The molecule has 9 heteroatoms. The van der Waals surface area contributed by atoms with Gasteiger partial charge in [0.15, 0.2) is 5.71 Å². The van der Waals surface area contributed by atoms with Gasteiger partial charge in [-0.05, 0) is 25.4 Å². The Hall–Kier alpha value is -3.25. The van der Waals surface area contributed by atoms with E-state index in [0.29, 0.717) is 11.3 Å². The summed E-state index contributed by atoms with van der Waals surface area (Å²) in [6.07, 6.45) is 5.19. The summed E-state index contributed by atoms with van der Waals surface area (Å²) >= 11 is 1.25. The molecular weight excluding hydrogens is 366 g/mol. The number of nitrogens with one attached hydrogen (secondary N) is 1. The van der Waals surface area contributed by atoms with Crippen molar-refractivity contribution in [3.63, 3.8) is 0 Å². The quantitative estimate of drug-likeness (QED) is 0.425. The average molecular weight is 385 g/mol. The van der Waals surface area contributed by atoms with Crippen LogP contribution in [0.2, 0.25) is 0 Å². The Balaban J connectivity index is 2.19. The molecule has 0 spiro atoms.